The second-order valence-corrected chi connectivity index (χ2v) is 6.51. The normalized spacial score (nSPS) is 10.4. The first-order chi connectivity index (χ1) is 13.3. The highest BCUT2D eigenvalue weighted by Crippen LogP contribution is 2.28. The van der Waals surface area contributed by atoms with Crippen molar-refractivity contribution >= 4 is 22.7 Å². The number of rotatable bonds is 5. The summed E-state index contributed by atoms with van der Waals surface area (Å²) in [5.41, 5.74) is 6.96. The molecule has 0 aliphatic heterocycles. The molecule has 0 bridgehead atoms. The predicted octanol–water partition coefficient (Wildman–Crippen LogP) is 6.87. The summed E-state index contributed by atoms with van der Waals surface area (Å²) in [5, 5.41) is 3.42. The van der Waals surface area contributed by atoms with E-state index in [0.29, 0.717) is 0 Å². The van der Waals surface area contributed by atoms with Crippen molar-refractivity contribution in [2.75, 3.05) is 17.3 Å². The van der Waals surface area contributed by atoms with Gasteiger partial charge in [-0.3, -0.25) is 0 Å². The van der Waals surface area contributed by atoms with Crippen molar-refractivity contribution in [1.82, 2.24) is 0 Å². The van der Waals surface area contributed by atoms with Crippen LogP contribution in [0.5, 0.6) is 0 Å². The van der Waals surface area contributed by atoms with Gasteiger partial charge in [-0.2, -0.15) is 0 Å². The zero-order chi connectivity index (χ0) is 18.5. The molecule has 0 unspecified atom stereocenters. The third-order valence-electron chi connectivity index (χ3n) is 4.68. The molecule has 0 atom stereocenters. The van der Waals surface area contributed by atoms with E-state index in [4.69, 9.17) is 0 Å². The maximum Gasteiger partial charge on any atom is 0.0408 e. The maximum atomic E-state index is 3.42. The van der Waals surface area contributed by atoms with Crippen LogP contribution < -0.4 is 10.2 Å². The molecular formula is C25H22N2. The highest BCUT2D eigenvalue weighted by molar-refractivity contribution is 5.71. The van der Waals surface area contributed by atoms with Gasteiger partial charge in [0.25, 0.3) is 0 Å². The first kappa shape index (κ1) is 16.9. The summed E-state index contributed by atoms with van der Waals surface area (Å²) >= 11 is 0. The van der Waals surface area contributed by atoms with Crippen molar-refractivity contribution in [2.24, 2.45) is 0 Å². The highest BCUT2D eigenvalue weighted by atomic mass is 15.1. The molecular weight excluding hydrogens is 328 g/mol. The summed E-state index contributed by atoms with van der Waals surface area (Å²) in [7, 11) is 2.09. The Labute approximate surface area is 160 Å². The number of nitrogens with one attached hydrogen (secondary N) is 1. The number of hydrogen-bond acceptors (Lipinski definition) is 2. The Balaban J connectivity index is 1.49. The quantitative estimate of drug-likeness (QED) is 0.423. The van der Waals surface area contributed by atoms with E-state index in [2.05, 4.69) is 102 Å². The molecule has 0 amide bonds. The topological polar surface area (TPSA) is 15.3 Å². The average molecular weight is 350 g/mol. The molecule has 0 radical (unpaired) electrons. The van der Waals surface area contributed by atoms with Crippen molar-refractivity contribution in [1.29, 1.82) is 0 Å². The lowest BCUT2D eigenvalue weighted by Gasteiger charge is -2.19. The van der Waals surface area contributed by atoms with E-state index in [0.717, 1.165) is 11.4 Å². The predicted molar refractivity (Wildman–Crippen MR) is 116 cm³/mol. The molecule has 2 heteroatoms. The molecule has 1 N–H and O–H groups in total. The Bertz CT molecular complexity index is 976. The van der Waals surface area contributed by atoms with Crippen LogP contribution in [-0.4, -0.2) is 7.05 Å². The third kappa shape index (κ3) is 4.01. The zero-order valence-corrected chi connectivity index (χ0v) is 15.3. The van der Waals surface area contributed by atoms with Crippen LogP contribution in [0.1, 0.15) is 0 Å². The van der Waals surface area contributed by atoms with E-state index in [-0.39, 0.29) is 0 Å². The molecule has 0 aliphatic rings. The van der Waals surface area contributed by atoms with Crippen LogP contribution in [0.4, 0.5) is 22.7 Å². The minimum Gasteiger partial charge on any atom is -0.356 e. The molecule has 4 aromatic carbocycles. The maximum absolute atomic E-state index is 3.42. The summed E-state index contributed by atoms with van der Waals surface area (Å²) < 4.78 is 0. The van der Waals surface area contributed by atoms with Crippen LogP contribution in [-0.2, 0) is 0 Å². The number of benzene rings is 4. The van der Waals surface area contributed by atoms with E-state index in [1.165, 1.54) is 22.5 Å². The van der Waals surface area contributed by atoms with E-state index in [1.54, 1.807) is 0 Å². The fourth-order valence-corrected chi connectivity index (χ4v) is 3.11. The number of hydrogen-bond donors (Lipinski definition) is 1. The molecule has 0 heterocycles. The largest absolute Gasteiger partial charge is 0.356 e. The van der Waals surface area contributed by atoms with Crippen molar-refractivity contribution in [3.8, 4) is 11.1 Å². The molecule has 0 aromatic heterocycles. The summed E-state index contributed by atoms with van der Waals surface area (Å²) in [6.45, 7) is 0. The molecule has 4 rings (SSSR count). The SMILES string of the molecule is CN(c1ccccc1)c1ccc(-c2ccc(Nc3ccccc3)cc2)cc1. The number of para-hydroxylation sites is 2. The Morgan fingerprint density at radius 2 is 0.926 bits per heavy atom. The number of nitrogens with zero attached hydrogens (tertiary/aromatic N) is 1. The fourth-order valence-electron chi connectivity index (χ4n) is 3.11. The Kier molecular flexibility index (Phi) is 4.88. The molecule has 0 saturated heterocycles. The van der Waals surface area contributed by atoms with Gasteiger partial charge in [-0.15, -0.1) is 0 Å². The van der Waals surface area contributed by atoms with Crippen molar-refractivity contribution in [2.45, 2.75) is 0 Å². The van der Waals surface area contributed by atoms with E-state index < -0.39 is 0 Å². The molecule has 0 saturated carbocycles. The minimum atomic E-state index is 1.09. The van der Waals surface area contributed by atoms with Gasteiger partial charge in [0.15, 0.2) is 0 Å². The van der Waals surface area contributed by atoms with Gasteiger partial charge < -0.3 is 10.2 Å². The zero-order valence-electron chi connectivity index (χ0n) is 15.3. The van der Waals surface area contributed by atoms with Crippen LogP contribution in [0.2, 0.25) is 0 Å². The molecule has 2 nitrogen and oxygen atoms in total. The van der Waals surface area contributed by atoms with Gasteiger partial charge in [0.2, 0.25) is 0 Å². The third-order valence-corrected chi connectivity index (χ3v) is 4.68. The second kappa shape index (κ2) is 7.79. The lowest BCUT2D eigenvalue weighted by atomic mass is 10.0. The molecule has 132 valence electrons. The Morgan fingerprint density at radius 1 is 0.481 bits per heavy atom. The van der Waals surface area contributed by atoms with Gasteiger partial charge in [0, 0.05) is 29.8 Å². The van der Waals surface area contributed by atoms with E-state index in [9.17, 15) is 0 Å². The fraction of sp³-hybridized carbons (Fsp3) is 0.0400. The van der Waals surface area contributed by atoms with Crippen molar-refractivity contribution in [3.63, 3.8) is 0 Å². The molecule has 0 fully saturated rings. The summed E-state index contributed by atoms with van der Waals surface area (Å²) in [6.07, 6.45) is 0. The van der Waals surface area contributed by atoms with Crippen LogP contribution in [0.15, 0.2) is 109 Å². The molecule has 27 heavy (non-hydrogen) atoms. The standard InChI is InChI=1S/C25H22N2/c1-27(24-10-6-3-7-11-24)25-18-14-21(15-19-25)20-12-16-23(17-13-20)26-22-8-4-2-5-9-22/h2-19,26H,1H3. The van der Waals surface area contributed by atoms with Gasteiger partial charge in [-0.25, -0.2) is 0 Å². The first-order valence-electron chi connectivity index (χ1n) is 9.11. The smallest absolute Gasteiger partial charge is 0.0408 e. The van der Waals surface area contributed by atoms with Crippen LogP contribution >= 0.6 is 0 Å². The van der Waals surface area contributed by atoms with Crippen LogP contribution in [0.3, 0.4) is 0 Å². The first-order valence-corrected chi connectivity index (χ1v) is 9.11. The Morgan fingerprint density at radius 3 is 1.52 bits per heavy atom. The van der Waals surface area contributed by atoms with Crippen molar-refractivity contribution < 1.29 is 0 Å². The van der Waals surface area contributed by atoms with Crippen molar-refractivity contribution in [3.05, 3.63) is 109 Å². The van der Waals surface area contributed by atoms with Gasteiger partial charge in [-0.1, -0.05) is 60.7 Å². The van der Waals surface area contributed by atoms with Gasteiger partial charge in [-0.05, 0) is 59.7 Å². The van der Waals surface area contributed by atoms with Gasteiger partial charge in [0.1, 0.15) is 0 Å². The summed E-state index contributed by atoms with van der Waals surface area (Å²) in [5.74, 6) is 0. The minimum absolute atomic E-state index is 1.09. The summed E-state index contributed by atoms with van der Waals surface area (Å²) in [4.78, 5) is 2.19. The monoisotopic (exact) mass is 350 g/mol. The lowest BCUT2D eigenvalue weighted by molar-refractivity contribution is 1.21. The van der Waals surface area contributed by atoms with Crippen LogP contribution in [0.25, 0.3) is 11.1 Å². The highest BCUT2D eigenvalue weighted by Gasteiger charge is 2.04. The molecule has 0 spiro atoms. The van der Waals surface area contributed by atoms with Gasteiger partial charge in [0.05, 0.1) is 0 Å². The average Bonchev–Trinajstić information content (AvgIpc) is 2.75. The van der Waals surface area contributed by atoms with E-state index in [1.807, 2.05) is 24.3 Å². The Hall–Kier alpha value is -3.52. The van der Waals surface area contributed by atoms with E-state index >= 15 is 0 Å². The van der Waals surface area contributed by atoms with Crippen LogP contribution in [0, 0.1) is 0 Å². The lowest BCUT2D eigenvalue weighted by Crippen LogP contribution is -2.08. The summed E-state index contributed by atoms with van der Waals surface area (Å²) in [6, 6.07) is 37.8. The molecule has 4 aromatic rings. The van der Waals surface area contributed by atoms with Gasteiger partial charge >= 0.3 is 0 Å². The number of anilines is 4. The molecule has 0 aliphatic carbocycles. The second-order valence-electron chi connectivity index (χ2n) is 6.51.